The highest BCUT2D eigenvalue weighted by atomic mass is 16.5. The number of nitrogens with one attached hydrogen (secondary N) is 2. The van der Waals surface area contributed by atoms with Crippen LogP contribution in [0.1, 0.15) is 32.1 Å². The lowest BCUT2D eigenvalue weighted by molar-refractivity contribution is -0.139. The first-order chi connectivity index (χ1) is 18.5. The molecule has 2 heterocycles. The first-order valence-electron chi connectivity index (χ1n) is 11.5. The molecule has 0 atom stereocenters. The summed E-state index contributed by atoms with van der Waals surface area (Å²) >= 11 is 0. The predicted molar refractivity (Wildman–Crippen MR) is 141 cm³/mol. The third kappa shape index (κ3) is 6.95. The van der Waals surface area contributed by atoms with Crippen molar-refractivity contribution in [2.75, 3.05) is 20.2 Å². The summed E-state index contributed by atoms with van der Waals surface area (Å²) < 4.78 is 4.41. The number of hydrogen-bond acceptors (Lipinski definition) is 9. The van der Waals surface area contributed by atoms with Crippen molar-refractivity contribution in [3.05, 3.63) is 71.3 Å². The molecule has 0 saturated carbocycles. The van der Waals surface area contributed by atoms with E-state index in [1.54, 1.807) is 18.2 Å². The second kappa shape index (κ2) is 12.3. The fourth-order valence-electron chi connectivity index (χ4n) is 3.54. The number of carboxylic acid groups (broad SMARTS) is 1. The van der Waals surface area contributed by atoms with E-state index in [2.05, 4.69) is 25.3 Å². The Morgan fingerprint density at radius 2 is 1.21 bits per heavy atom. The average Bonchev–Trinajstić information content (AvgIpc) is 2.90. The van der Waals surface area contributed by atoms with Crippen LogP contribution in [0.3, 0.4) is 0 Å². The zero-order valence-electron chi connectivity index (χ0n) is 21.3. The van der Waals surface area contributed by atoms with Gasteiger partial charge < -0.3 is 30.7 Å². The van der Waals surface area contributed by atoms with E-state index in [0.29, 0.717) is 16.2 Å². The van der Waals surface area contributed by atoms with Gasteiger partial charge >= 0.3 is 11.9 Å². The summed E-state index contributed by atoms with van der Waals surface area (Å²) in [7, 11) is 1.22. The number of rotatable bonds is 6. The van der Waals surface area contributed by atoms with Gasteiger partial charge in [0.25, 0.3) is 11.8 Å². The van der Waals surface area contributed by atoms with Crippen LogP contribution in [-0.2, 0) is 14.3 Å². The van der Waals surface area contributed by atoms with E-state index in [4.69, 9.17) is 5.11 Å². The maximum absolute atomic E-state index is 11.9. The van der Waals surface area contributed by atoms with E-state index in [1.165, 1.54) is 19.5 Å². The molecule has 0 saturated heterocycles. The van der Waals surface area contributed by atoms with Gasteiger partial charge in [0.15, 0.2) is 22.9 Å². The molecule has 0 bridgehead atoms. The molecule has 12 heteroatoms. The number of pyridine rings is 2. The number of carbonyl (C=O) groups is 4. The number of fused-ring (bicyclic) bond motifs is 2. The van der Waals surface area contributed by atoms with Gasteiger partial charge in [-0.15, -0.1) is 0 Å². The van der Waals surface area contributed by atoms with Crippen LogP contribution in [0.15, 0.2) is 48.8 Å². The zero-order chi connectivity index (χ0) is 28.7. The minimum Gasteiger partial charge on any atom is -0.505 e. The van der Waals surface area contributed by atoms with Crippen LogP contribution in [0.25, 0.3) is 21.5 Å². The molecule has 5 N–H and O–H groups in total. The van der Waals surface area contributed by atoms with Gasteiger partial charge in [-0.05, 0) is 26.0 Å². The van der Waals surface area contributed by atoms with Crippen molar-refractivity contribution in [1.82, 2.24) is 20.6 Å². The molecule has 0 aliphatic carbocycles. The van der Waals surface area contributed by atoms with Crippen molar-refractivity contribution in [3.63, 3.8) is 0 Å². The third-order valence-electron chi connectivity index (χ3n) is 5.49. The van der Waals surface area contributed by atoms with Crippen LogP contribution >= 0.6 is 0 Å². The Balaban J connectivity index is 0.000000216. The summed E-state index contributed by atoms with van der Waals surface area (Å²) in [6, 6.07) is 10.7. The molecule has 2 aromatic carbocycles. The van der Waals surface area contributed by atoms with Gasteiger partial charge in [-0.1, -0.05) is 35.4 Å². The van der Waals surface area contributed by atoms with E-state index in [1.807, 2.05) is 32.0 Å². The highest BCUT2D eigenvalue weighted by molar-refractivity contribution is 6.03. The molecule has 0 radical (unpaired) electrons. The number of aromatic hydroxyl groups is 2. The largest absolute Gasteiger partial charge is 0.505 e. The molecule has 0 unspecified atom stereocenters. The number of nitrogens with zero attached hydrogens (tertiary/aromatic N) is 2. The minimum atomic E-state index is -1.16. The van der Waals surface area contributed by atoms with Gasteiger partial charge in [-0.3, -0.25) is 19.2 Å². The Bertz CT molecular complexity index is 1590. The first-order valence-corrected chi connectivity index (χ1v) is 11.5. The molecular formula is C27H26N4O8. The Hall–Kier alpha value is -5.26. The van der Waals surface area contributed by atoms with Gasteiger partial charge in [0.05, 0.1) is 7.11 Å². The number of aromatic nitrogens is 2. The molecule has 0 spiro atoms. The molecule has 4 rings (SSSR count). The lowest BCUT2D eigenvalue weighted by Gasteiger charge is -2.08. The van der Waals surface area contributed by atoms with Crippen LogP contribution in [0, 0.1) is 13.8 Å². The zero-order valence-corrected chi connectivity index (χ0v) is 21.3. The number of ether oxygens (including phenoxy) is 1. The second-order valence-electron chi connectivity index (χ2n) is 8.43. The van der Waals surface area contributed by atoms with E-state index >= 15 is 0 Å². The van der Waals surface area contributed by atoms with Crippen molar-refractivity contribution >= 4 is 45.3 Å². The summed E-state index contributed by atoms with van der Waals surface area (Å²) in [5.41, 5.74) is 1.74. The molecule has 39 heavy (non-hydrogen) atoms. The number of aryl methyl sites for hydroxylation is 2. The van der Waals surface area contributed by atoms with E-state index in [-0.39, 0.29) is 29.4 Å². The molecule has 0 aliphatic rings. The SMILES string of the molecule is COC(=O)CNC(=O)c1ncc2cc(C)ccc2c1O.Cc1ccc2c(O)c(C(=O)NCC(=O)O)ncc2c1. The Morgan fingerprint density at radius 3 is 1.62 bits per heavy atom. The molecule has 4 aromatic rings. The summed E-state index contributed by atoms with van der Waals surface area (Å²) in [5.74, 6) is -3.54. The maximum Gasteiger partial charge on any atom is 0.325 e. The van der Waals surface area contributed by atoms with Crippen LogP contribution in [-0.4, -0.2) is 69.2 Å². The molecular weight excluding hydrogens is 508 g/mol. The standard InChI is InChI=1S/C14H14N2O4.C13H12N2O4/c1-8-3-4-10-9(5-8)6-15-12(13(10)18)14(19)16-7-11(17)20-2;1-7-2-3-9-8(4-7)5-14-11(12(9)18)13(19)15-6-10(16)17/h3-6,18H,7H2,1-2H3,(H,16,19);2-5,18H,6H2,1H3,(H,15,19)(H,16,17). The third-order valence-corrected chi connectivity index (χ3v) is 5.49. The molecule has 2 aromatic heterocycles. The van der Waals surface area contributed by atoms with Gasteiger partial charge in [-0.25, -0.2) is 9.97 Å². The Kier molecular flexibility index (Phi) is 8.94. The Labute approximate surface area is 222 Å². The normalized spacial score (nSPS) is 10.3. The quantitative estimate of drug-likeness (QED) is 0.229. The number of hydrogen-bond donors (Lipinski definition) is 5. The van der Waals surface area contributed by atoms with Gasteiger partial charge in [0.1, 0.15) is 13.1 Å². The van der Waals surface area contributed by atoms with Crippen molar-refractivity contribution in [2.45, 2.75) is 13.8 Å². The van der Waals surface area contributed by atoms with Crippen LogP contribution in [0.5, 0.6) is 11.5 Å². The average molecular weight is 535 g/mol. The smallest absolute Gasteiger partial charge is 0.325 e. The Morgan fingerprint density at radius 1 is 0.769 bits per heavy atom. The molecule has 2 amide bonds. The van der Waals surface area contributed by atoms with Crippen molar-refractivity contribution < 1.29 is 39.2 Å². The lowest BCUT2D eigenvalue weighted by atomic mass is 10.1. The van der Waals surface area contributed by atoms with Crippen molar-refractivity contribution in [3.8, 4) is 11.5 Å². The van der Waals surface area contributed by atoms with E-state index in [9.17, 15) is 29.4 Å². The van der Waals surface area contributed by atoms with Crippen molar-refractivity contribution in [2.24, 2.45) is 0 Å². The molecule has 0 aliphatic heterocycles. The molecule has 0 fully saturated rings. The van der Waals surface area contributed by atoms with Crippen LogP contribution in [0.4, 0.5) is 0 Å². The maximum atomic E-state index is 11.9. The van der Waals surface area contributed by atoms with Gasteiger partial charge in [0, 0.05) is 33.9 Å². The topological polar surface area (TPSA) is 188 Å². The number of amides is 2. The summed E-state index contributed by atoms with van der Waals surface area (Å²) in [5, 5.41) is 35.6. The van der Waals surface area contributed by atoms with E-state index < -0.39 is 30.3 Å². The van der Waals surface area contributed by atoms with Gasteiger partial charge in [0.2, 0.25) is 0 Å². The number of aliphatic carboxylic acids is 1. The number of benzene rings is 2. The number of esters is 1. The number of carbonyl (C=O) groups excluding carboxylic acids is 3. The first kappa shape index (κ1) is 28.3. The monoisotopic (exact) mass is 534 g/mol. The van der Waals surface area contributed by atoms with Gasteiger partial charge in [-0.2, -0.15) is 0 Å². The summed E-state index contributed by atoms with van der Waals surface area (Å²) in [4.78, 5) is 52.7. The fraction of sp³-hybridized carbons (Fsp3) is 0.185. The minimum absolute atomic E-state index is 0.120. The highest BCUT2D eigenvalue weighted by Gasteiger charge is 2.17. The fourth-order valence-corrected chi connectivity index (χ4v) is 3.54. The molecule has 12 nitrogen and oxygen atoms in total. The predicted octanol–water partition coefficient (Wildman–Crippen LogP) is 2.21. The second-order valence-corrected chi connectivity index (χ2v) is 8.43. The molecule has 202 valence electrons. The highest BCUT2D eigenvalue weighted by Crippen LogP contribution is 2.28. The summed E-state index contributed by atoms with van der Waals surface area (Å²) in [6.45, 7) is 3.03. The summed E-state index contributed by atoms with van der Waals surface area (Å²) in [6.07, 6.45) is 2.98. The van der Waals surface area contributed by atoms with Crippen molar-refractivity contribution in [1.29, 1.82) is 0 Å². The van der Waals surface area contributed by atoms with E-state index in [0.717, 1.165) is 16.5 Å². The number of methoxy groups -OCH3 is 1. The number of carboxylic acids is 1. The van der Waals surface area contributed by atoms with Crippen LogP contribution in [0.2, 0.25) is 0 Å². The lowest BCUT2D eigenvalue weighted by Crippen LogP contribution is -2.30. The van der Waals surface area contributed by atoms with Crippen LogP contribution < -0.4 is 10.6 Å².